The summed E-state index contributed by atoms with van der Waals surface area (Å²) in [6.07, 6.45) is 0.994. The quantitative estimate of drug-likeness (QED) is 0.783. The van der Waals surface area contributed by atoms with Crippen molar-refractivity contribution in [2.45, 2.75) is 18.4 Å². The highest BCUT2D eigenvalue weighted by molar-refractivity contribution is 6.33. The van der Waals surface area contributed by atoms with E-state index in [0.717, 1.165) is 12.0 Å². The number of benzene rings is 1. The average Bonchev–Trinajstić information content (AvgIpc) is 2.94. The van der Waals surface area contributed by atoms with Gasteiger partial charge in [-0.15, -0.1) is 0 Å². The van der Waals surface area contributed by atoms with E-state index in [-0.39, 0.29) is 6.04 Å². The van der Waals surface area contributed by atoms with Crippen LogP contribution in [-0.2, 0) is 4.74 Å². The van der Waals surface area contributed by atoms with Crippen LogP contribution in [0.2, 0.25) is 5.02 Å². The number of carbonyl (C=O) groups excluding carboxylic acids is 1. The van der Waals surface area contributed by atoms with Crippen molar-refractivity contribution in [3.8, 4) is 0 Å². The second-order valence-corrected chi connectivity index (χ2v) is 4.14. The van der Waals surface area contributed by atoms with Crippen molar-refractivity contribution in [2.24, 2.45) is 5.73 Å². The Morgan fingerprint density at radius 1 is 1.60 bits per heavy atom. The molecule has 0 amide bonds. The van der Waals surface area contributed by atoms with Gasteiger partial charge < -0.3 is 10.5 Å². The maximum atomic E-state index is 11.3. The Hall–Kier alpha value is -1.06. The highest BCUT2D eigenvalue weighted by Crippen LogP contribution is 2.40. The van der Waals surface area contributed by atoms with Crippen molar-refractivity contribution in [1.29, 1.82) is 0 Å². The summed E-state index contributed by atoms with van der Waals surface area (Å²) in [6.45, 7) is 0. The van der Waals surface area contributed by atoms with Crippen LogP contribution in [0.15, 0.2) is 18.2 Å². The number of nitrogens with two attached hydrogens (primary N) is 1. The van der Waals surface area contributed by atoms with Crippen LogP contribution in [0.4, 0.5) is 0 Å². The monoisotopic (exact) mass is 225 g/mol. The van der Waals surface area contributed by atoms with Gasteiger partial charge in [-0.1, -0.05) is 17.7 Å². The van der Waals surface area contributed by atoms with E-state index < -0.39 is 5.97 Å². The van der Waals surface area contributed by atoms with Crippen molar-refractivity contribution < 1.29 is 9.53 Å². The van der Waals surface area contributed by atoms with Crippen LogP contribution >= 0.6 is 11.6 Å². The van der Waals surface area contributed by atoms with Gasteiger partial charge in [0.1, 0.15) is 0 Å². The van der Waals surface area contributed by atoms with Gasteiger partial charge in [0.05, 0.1) is 17.7 Å². The van der Waals surface area contributed by atoms with Gasteiger partial charge in [0.25, 0.3) is 0 Å². The molecule has 0 spiro atoms. The molecule has 3 nitrogen and oxygen atoms in total. The minimum atomic E-state index is -0.411. The lowest BCUT2D eigenvalue weighted by atomic mass is 10.1. The van der Waals surface area contributed by atoms with Crippen molar-refractivity contribution >= 4 is 17.6 Å². The highest BCUT2D eigenvalue weighted by Gasteiger charge is 2.35. The Bertz CT molecular complexity index is 406. The molecule has 1 aliphatic carbocycles. The van der Waals surface area contributed by atoms with Gasteiger partial charge in [-0.05, 0) is 24.1 Å². The Labute approximate surface area is 93.2 Å². The standard InChI is InChI=1S/C11H12ClNO2/c1-15-11(14)7-3-2-6(4-9(7)12)8-5-10(8)13/h2-4,8,10H,5,13H2,1H3/t8-,10+/m0/s1. The normalized spacial score (nSPS) is 23.7. The minimum absolute atomic E-state index is 0.241. The maximum absolute atomic E-state index is 11.3. The molecule has 0 unspecified atom stereocenters. The number of rotatable bonds is 2. The van der Waals surface area contributed by atoms with Gasteiger partial charge in [-0.2, -0.15) is 0 Å². The molecule has 0 heterocycles. The van der Waals surface area contributed by atoms with E-state index in [1.807, 2.05) is 6.07 Å². The molecule has 2 N–H and O–H groups in total. The molecule has 1 aromatic rings. The van der Waals surface area contributed by atoms with Crippen molar-refractivity contribution in [3.05, 3.63) is 34.3 Å². The molecule has 0 aromatic heterocycles. The third kappa shape index (κ3) is 1.98. The van der Waals surface area contributed by atoms with Crippen LogP contribution in [0.3, 0.4) is 0 Å². The van der Waals surface area contributed by atoms with Gasteiger partial charge in [-0.25, -0.2) is 4.79 Å². The Kier molecular flexibility index (Phi) is 2.67. The third-order valence-corrected chi connectivity index (χ3v) is 2.98. The first kappa shape index (κ1) is 10.5. The molecular weight excluding hydrogens is 214 g/mol. The zero-order chi connectivity index (χ0) is 11.0. The van der Waals surface area contributed by atoms with Crippen molar-refractivity contribution in [2.75, 3.05) is 7.11 Å². The Balaban J connectivity index is 2.27. The first-order chi connectivity index (χ1) is 7.13. The van der Waals surface area contributed by atoms with Crippen LogP contribution in [-0.4, -0.2) is 19.1 Å². The van der Waals surface area contributed by atoms with E-state index in [0.29, 0.717) is 16.5 Å². The van der Waals surface area contributed by atoms with Crippen LogP contribution in [0.1, 0.15) is 28.3 Å². The zero-order valence-electron chi connectivity index (χ0n) is 8.37. The number of halogens is 1. The smallest absolute Gasteiger partial charge is 0.339 e. The average molecular weight is 226 g/mol. The fraction of sp³-hybridized carbons (Fsp3) is 0.364. The topological polar surface area (TPSA) is 52.3 Å². The predicted molar refractivity (Wildman–Crippen MR) is 58.1 cm³/mol. The molecule has 1 aliphatic rings. The maximum Gasteiger partial charge on any atom is 0.339 e. The molecule has 4 heteroatoms. The Morgan fingerprint density at radius 2 is 2.27 bits per heavy atom. The SMILES string of the molecule is COC(=O)c1ccc([C@@H]2C[C@H]2N)cc1Cl. The van der Waals surface area contributed by atoms with Gasteiger partial charge in [0.2, 0.25) is 0 Å². The summed E-state index contributed by atoms with van der Waals surface area (Å²) >= 11 is 5.98. The molecule has 1 aromatic carbocycles. The fourth-order valence-electron chi connectivity index (χ4n) is 1.64. The van der Waals surface area contributed by atoms with Gasteiger partial charge in [-0.3, -0.25) is 0 Å². The summed E-state index contributed by atoms with van der Waals surface area (Å²) in [5.41, 5.74) is 7.24. The minimum Gasteiger partial charge on any atom is -0.465 e. The number of methoxy groups -OCH3 is 1. The van der Waals surface area contributed by atoms with Crippen molar-refractivity contribution in [1.82, 2.24) is 0 Å². The first-order valence-electron chi connectivity index (χ1n) is 4.77. The summed E-state index contributed by atoms with van der Waals surface area (Å²) in [7, 11) is 1.34. The van der Waals surface area contributed by atoms with Crippen LogP contribution in [0.5, 0.6) is 0 Å². The number of hydrogen-bond acceptors (Lipinski definition) is 3. The molecule has 80 valence electrons. The second-order valence-electron chi connectivity index (χ2n) is 3.74. The molecule has 1 fully saturated rings. The zero-order valence-corrected chi connectivity index (χ0v) is 9.12. The molecule has 15 heavy (non-hydrogen) atoms. The largest absolute Gasteiger partial charge is 0.465 e. The van der Waals surface area contributed by atoms with Gasteiger partial charge in [0, 0.05) is 12.0 Å². The molecule has 0 radical (unpaired) electrons. The van der Waals surface area contributed by atoms with Gasteiger partial charge >= 0.3 is 5.97 Å². The van der Waals surface area contributed by atoms with Crippen LogP contribution in [0.25, 0.3) is 0 Å². The van der Waals surface area contributed by atoms with Crippen LogP contribution < -0.4 is 5.73 Å². The van der Waals surface area contributed by atoms with E-state index in [9.17, 15) is 4.79 Å². The van der Waals surface area contributed by atoms with E-state index in [4.69, 9.17) is 17.3 Å². The van der Waals surface area contributed by atoms with Crippen molar-refractivity contribution in [3.63, 3.8) is 0 Å². The van der Waals surface area contributed by atoms with Gasteiger partial charge in [0.15, 0.2) is 0 Å². The molecule has 2 rings (SSSR count). The summed E-state index contributed by atoms with van der Waals surface area (Å²) < 4.78 is 4.61. The fourth-order valence-corrected chi connectivity index (χ4v) is 1.90. The molecule has 0 aliphatic heterocycles. The molecular formula is C11H12ClNO2. The number of esters is 1. The van der Waals surface area contributed by atoms with E-state index in [2.05, 4.69) is 4.74 Å². The molecule has 2 atom stereocenters. The third-order valence-electron chi connectivity index (χ3n) is 2.67. The Morgan fingerprint density at radius 3 is 2.73 bits per heavy atom. The number of hydrogen-bond donors (Lipinski definition) is 1. The van der Waals surface area contributed by atoms with Crippen LogP contribution in [0, 0.1) is 0 Å². The number of ether oxygens (including phenoxy) is 1. The van der Waals surface area contributed by atoms with E-state index in [1.54, 1.807) is 12.1 Å². The summed E-state index contributed by atoms with van der Waals surface area (Å²) in [6, 6.07) is 5.61. The molecule has 0 bridgehead atoms. The summed E-state index contributed by atoms with van der Waals surface area (Å²) in [4.78, 5) is 11.3. The molecule has 0 saturated heterocycles. The number of carbonyl (C=O) groups is 1. The van der Waals surface area contributed by atoms with E-state index >= 15 is 0 Å². The summed E-state index contributed by atoms with van der Waals surface area (Å²) in [5.74, 6) is -0.0131. The highest BCUT2D eigenvalue weighted by atomic mass is 35.5. The predicted octanol–water partition coefficient (Wildman–Crippen LogP) is 1.94. The first-order valence-corrected chi connectivity index (χ1v) is 5.14. The molecule has 1 saturated carbocycles. The van der Waals surface area contributed by atoms with E-state index in [1.165, 1.54) is 7.11 Å². The lowest BCUT2D eigenvalue weighted by molar-refractivity contribution is 0.0601. The lowest BCUT2D eigenvalue weighted by Crippen LogP contribution is -2.04. The lowest BCUT2D eigenvalue weighted by Gasteiger charge is -2.04. The summed E-state index contributed by atoms with van der Waals surface area (Å²) in [5, 5.41) is 0.429. The second kappa shape index (κ2) is 3.83.